The molecule has 2 N–H and O–H groups in total. The van der Waals surface area contributed by atoms with Gasteiger partial charge >= 0.3 is 0 Å². The van der Waals surface area contributed by atoms with Crippen LogP contribution in [0.15, 0.2) is 47.3 Å². The molecule has 0 aliphatic carbocycles. The van der Waals surface area contributed by atoms with Gasteiger partial charge in [0.25, 0.3) is 5.56 Å². The van der Waals surface area contributed by atoms with Crippen LogP contribution in [0.1, 0.15) is 31.6 Å². The third-order valence-corrected chi connectivity index (χ3v) is 6.12. The highest BCUT2D eigenvalue weighted by molar-refractivity contribution is 5.93. The summed E-state index contributed by atoms with van der Waals surface area (Å²) in [6.07, 6.45) is 1.50. The predicted octanol–water partition coefficient (Wildman–Crippen LogP) is 3.06. The largest absolute Gasteiger partial charge is 0.454 e. The van der Waals surface area contributed by atoms with Crippen molar-refractivity contribution in [2.45, 2.75) is 25.8 Å². The summed E-state index contributed by atoms with van der Waals surface area (Å²) < 4.78 is 10.7. The van der Waals surface area contributed by atoms with Crippen LogP contribution in [-0.4, -0.2) is 40.7 Å². The quantitative estimate of drug-likeness (QED) is 0.673. The molecule has 2 aromatic carbocycles. The van der Waals surface area contributed by atoms with E-state index in [9.17, 15) is 9.59 Å². The number of hydrogen-bond acceptors (Lipinski definition) is 6. The number of aromatic nitrogens is 2. The molecule has 3 heterocycles. The molecule has 8 heteroatoms. The number of nitrogens with zero attached hydrogens (tertiary/aromatic N) is 2. The smallest absolute Gasteiger partial charge is 0.258 e. The monoisotopic (exact) mass is 420 g/mol. The van der Waals surface area contributed by atoms with Gasteiger partial charge in [-0.3, -0.25) is 14.5 Å². The number of fused-ring (bicyclic) bond motifs is 2. The molecule has 5 rings (SSSR count). The third-order valence-electron chi connectivity index (χ3n) is 6.12. The van der Waals surface area contributed by atoms with Crippen LogP contribution < -0.4 is 20.3 Å². The molecule has 160 valence electrons. The molecular formula is C23H24N4O4. The number of para-hydroxylation sites is 1. The number of ether oxygens (including phenoxy) is 2. The fourth-order valence-electron chi connectivity index (χ4n) is 4.24. The molecule has 2 aliphatic rings. The van der Waals surface area contributed by atoms with Gasteiger partial charge in [0, 0.05) is 17.7 Å². The van der Waals surface area contributed by atoms with Crippen LogP contribution in [0.2, 0.25) is 0 Å². The lowest BCUT2D eigenvalue weighted by Gasteiger charge is -2.35. The van der Waals surface area contributed by atoms with Gasteiger partial charge in [-0.25, -0.2) is 4.98 Å². The second kappa shape index (κ2) is 8.03. The van der Waals surface area contributed by atoms with Crippen LogP contribution in [0.4, 0.5) is 5.69 Å². The number of amides is 1. The first kappa shape index (κ1) is 19.6. The maximum Gasteiger partial charge on any atom is 0.258 e. The first-order chi connectivity index (χ1) is 15.1. The van der Waals surface area contributed by atoms with Gasteiger partial charge in [0.1, 0.15) is 5.82 Å². The van der Waals surface area contributed by atoms with Gasteiger partial charge in [-0.1, -0.05) is 12.1 Å². The fourth-order valence-corrected chi connectivity index (χ4v) is 4.24. The molecule has 0 spiro atoms. The lowest BCUT2D eigenvalue weighted by molar-refractivity contribution is -0.121. The number of nitrogens with one attached hydrogen (secondary N) is 2. The van der Waals surface area contributed by atoms with Gasteiger partial charge in [-0.05, 0) is 57.1 Å². The Labute approximate surface area is 179 Å². The Morgan fingerprint density at radius 1 is 1.16 bits per heavy atom. The average Bonchev–Trinajstić information content (AvgIpc) is 3.26. The average molecular weight is 420 g/mol. The van der Waals surface area contributed by atoms with Crippen molar-refractivity contribution in [1.82, 2.24) is 14.9 Å². The van der Waals surface area contributed by atoms with E-state index < -0.39 is 0 Å². The predicted molar refractivity (Wildman–Crippen MR) is 116 cm³/mol. The number of H-pyrrole nitrogens is 1. The highest BCUT2D eigenvalue weighted by Gasteiger charge is 2.29. The summed E-state index contributed by atoms with van der Waals surface area (Å²) in [5, 5.41) is 3.59. The van der Waals surface area contributed by atoms with Crippen LogP contribution in [0.3, 0.4) is 0 Å². The van der Waals surface area contributed by atoms with Crippen LogP contribution in [0, 0.1) is 5.92 Å². The minimum atomic E-state index is -0.120. The number of anilines is 1. The minimum absolute atomic E-state index is 0.0170. The Bertz CT molecular complexity index is 1180. The summed E-state index contributed by atoms with van der Waals surface area (Å²) in [7, 11) is 0. The van der Waals surface area contributed by atoms with Gasteiger partial charge in [0.15, 0.2) is 11.5 Å². The maximum absolute atomic E-state index is 12.7. The van der Waals surface area contributed by atoms with Crippen LogP contribution in [-0.2, 0) is 4.79 Å². The minimum Gasteiger partial charge on any atom is -0.454 e. The number of hydrogen-bond donors (Lipinski definition) is 2. The SMILES string of the molecule is C[C@@H](c1nc2ccccc2c(=O)[nH]1)N1CCC(C(=O)Nc2ccc3c(c2)OCO3)CC1. The first-order valence-corrected chi connectivity index (χ1v) is 10.5. The van der Waals surface area contributed by atoms with Crippen molar-refractivity contribution in [1.29, 1.82) is 0 Å². The lowest BCUT2D eigenvalue weighted by atomic mass is 9.94. The van der Waals surface area contributed by atoms with E-state index in [1.165, 1.54) is 0 Å². The molecule has 1 amide bonds. The molecule has 2 aliphatic heterocycles. The second-order valence-electron chi connectivity index (χ2n) is 8.01. The van der Waals surface area contributed by atoms with Crippen molar-refractivity contribution in [2.24, 2.45) is 5.92 Å². The van der Waals surface area contributed by atoms with E-state index in [0.717, 1.165) is 25.9 Å². The van der Waals surface area contributed by atoms with E-state index >= 15 is 0 Å². The summed E-state index contributed by atoms with van der Waals surface area (Å²) in [5.41, 5.74) is 1.29. The number of likely N-dealkylation sites (tertiary alicyclic amines) is 1. The zero-order valence-electron chi connectivity index (χ0n) is 17.3. The van der Waals surface area contributed by atoms with Crippen molar-refractivity contribution >= 4 is 22.5 Å². The van der Waals surface area contributed by atoms with E-state index in [1.807, 2.05) is 31.2 Å². The lowest BCUT2D eigenvalue weighted by Crippen LogP contribution is -2.40. The Hall–Kier alpha value is -3.39. The Kier molecular flexibility index (Phi) is 5.07. The molecule has 1 saturated heterocycles. The molecule has 31 heavy (non-hydrogen) atoms. The fraction of sp³-hybridized carbons (Fsp3) is 0.348. The third kappa shape index (κ3) is 3.86. The van der Waals surface area contributed by atoms with Crippen molar-refractivity contribution in [2.75, 3.05) is 25.2 Å². The summed E-state index contributed by atoms with van der Waals surface area (Å²) in [6, 6.07) is 12.7. The molecule has 3 aromatic rings. The number of carbonyl (C=O) groups excluding carboxylic acids is 1. The van der Waals surface area contributed by atoms with Gasteiger partial charge in [-0.15, -0.1) is 0 Å². The van der Waals surface area contributed by atoms with Crippen molar-refractivity contribution < 1.29 is 14.3 Å². The zero-order chi connectivity index (χ0) is 21.4. The van der Waals surface area contributed by atoms with E-state index in [2.05, 4.69) is 20.2 Å². The highest BCUT2D eigenvalue weighted by atomic mass is 16.7. The van der Waals surface area contributed by atoms with Gasteiger partial charge < -0.3 is 19.8 Å². The molecule has 8 nitrogen and oxygen atoms in total. The van der Waals surface area contributed by atoms with Crippen molar-refractivity contribution in [3.63, 3.8) is 0 Å². The van der Waals surface area contributed by atoms with Crippen LogP contribution >= 0.6 is 0 Å². The van der Waals surface area contributed by atoms with Gasteiger partial charge in [0.2, 0.25) is 12.7 Å². The maximum atomic E-state index is 12.7. The molecule has 1 fully saturated rings. The highest BCUT2D eigenvalue weighted by Crippen LogP contribution is 2.34. The first-order valence-electron chi connectivity index (χ1n) is 10.5. The summed E-state index contributed by atoms with van der Waals surface area (Å²) in [4.78, 5) is 35.0. The van der Waals surface area contributed by atoms with Gasteiger partial charge in [0.05, 0.1) is 16.9 Å². The normalized spacial score (nSPS) is 17.6. The molecule has 0 radical (unpaired) electrons. The summed E-state index contributed by atoms with van der Waals surface area (Å²) >= 11 is 0. The molecule has 0 bridgehead atoms. The van der Waals surface area contributed by atoms with Crippen molar-refractivity contribution in [3.8, 4) is 11.5 Å². The Morgan fingerprint density at radius 2 is 1.94 bits per heavy atom. The Balaban J connectivity index is 1.22. The molecule has 1 aromatic heterocycles. The Morgan fingerprint density at radius 3 is 2.77 bits per heavy atom. The van der Waals surface area contributed by atoms with Crippen LogP contribution in [0.5, 0.6) is 11.5 Å². The standard InChI is InChI=1S/C23H24N4O4/c1-14(21-25-18-5-3-2-4-17(18)23(29)26-21)27-10-8-15(9-11-27)22(28)24-16-6-7-19-20(12-16)31-13-30-19/h2-7,12,14-15H,8-11,13H2,1H3,(H,24,28)(H,25,26,29)/t14-/m0/s1. The zero-order valence-corrected chi connectivity index (χ0v) is 17.3. The molecule has 0 saturated carbocycles. The number of aromatic amines is 1. The summed E-state index contributed by atoms with van der Waals surface area (Å²) in [6.45, 7) is 3.77. The van der Waals surface area contributed by atoms with Crippen LogP contribution in [0.25, 0.3) is 10.9 Å². The number of carbonyl (C=O) groups is 1. The number of piperidine rings is 1. The van der Waals surface area contributed by atoms with E-state index in [1.54, 1.807) is 18.2 Å². The number of rotatable bonds is 4. The molecule has 1 atom stereocenters. The molecular weight excluding hydrogens is 396 g/mol. The van der Waals surface area contributed by atoms with Gasteiger partial charge in [-0.2, -0.15) is 0 Å². The van der Waals surface area contributed by atoms with E-state index in [4.69, 9.17) is 9.47 Å². The molecule has 0 unspecified atom stereocenters. The second-order valence-corrected chi connectivity index (χ2v) is 8.01. The topological polar surface area (TPSA) is 96.6 Å². The summed E-state index contributed by atoms with van der Waals surface area (Å²) in [5.74, 6) is 1.96. The van der Waals surface area contributed by atoms with E-state index in [0.29, 0.717) is 33.9 Å². The number of benzene rings is 2. The van der Waals surface area contributed by atoms with Crippen molar-refractivity contribution in [3.05, 3.63) is 58.6 Å². The van der Waals surface area contributed by atoms with E-state index in [-0.39, 0.29) is 30.2 Å².